The SMILES string of the molecule is CCc1ccc(C(=O)CCN2CCCC(C)C2)s1. The molecule has 0 N–H and O–H groups in total. The normalized spacial score (nSPS) is 21.1. The summed E-state index contributed by atoms with van der Waals surface area (Å²) in [5, 5.41) is 0. The Kier molecular flexibility index (Phi) is 4.95. The van der Waals surface area contributed by atoms with E-state index in [1.54, 1.807) is 11.3 Å². The van der Waals surface area contributed by atoms with Crippen molar-refractivity contribution in [3.05, 3.63) is 21.9 Å². The minimum Gasteiger partial charge on any atom is -0.303 e. The van der Waals surface area contributed by atoms with Crippen molar-refractivity contribution in [1.82, 2.24) is 4.90 Å². The maximum atomic E-state index is 12.1. The molecule has 0 saturated carbocycles. The molecule has 1 aromatic heterocycles. The molecule has 1 aliphatic heterocycles. The molecule has 18 heavy (non-hydrogen) atoms. The van der Waals surface area contributed by atoms with E-state index in [-0.39, 0.29) is 0 Å². The second-order valence-electron chi connectivity index (χ2n) is 5.34. The lowest BCUT2D eigenvalue weighted by molar-refractivity contribution is 0.0953. The Morgan fingerprint density at radius 2 is 2.33 bits per heavy atom. The van der Waals surface area contributed by atoms with Gasteiger partial charge in [0.15, 0.2) is 5.78 Å². The summed E-state index contributed by atoms with van der Waals surface area (Å²) in [6.45, 7) is 7.71. The van der Waals surface area contributed by atoms with Gasteiger partial charge in [-0.05, 0) is 43.9 Å². The molecule has 0 radical (unpaired) electrons. The zero-order valence-electron chi connectivity index (χ0n) is 11.4. The second kappa shape index (κ2) is 6.48. The van der Waals surface area contributed by atoms with Gasteiger partial charge in [-0.25, -0.2) is 0 Å². The van der Waals surface area contributed by atoms with Gasteiger partial charge in [0, 0.05) is 24.4 Å². The molecule has 1 atom stereocenters. The predicted molar refractivity (Wildman–Crippen MR) is 77.5 cm³/mol. The summed E-state index contributed by atoms with van der Waals surface area (Å²) in [5.41, 5.74) is 0. The van der Waals surface area contributed by atoms with Crippen LogP contribution in [0.5, 0.6) is 0 Å². The lowest BCUT2D eigenvalue weighted by Gasteiger charge is -2.30. The molecule has 2 rings (SSSR count). The van der Waals surface area contributed by atoms with E-state index in [1.807, 2.05) is 6.07 Å². The van der Waals surface area contributed by atoms with Crippen LogP contribution in [-0.2, 0) is 6.42 Å². The quantitative estimate of drug-likeness (QED) is 0.758. The van der Waals surface area contributed by atoms with Crippen molar-refractivity contribution < 1.29 is 4.79 Å². The van der Waals surface area contributed by atoms with Gasteiger partial charge in [-0.2, -0.15) is 0 Å². The molecule has 1 unspecified atom stereocenters. The average molecular weight is 265 g/mol. The maximum Gasteiger partial charge on any atom is 0.174 e. The zero-order chi connectivity index (χ0) is 13.0. The van der Waals surface area contributed by atoms with E-state index in [2.05, 4.69) is 24.8 Å². The molecule has 0 bridgehead atoms. The third-order valence-electron chi connectivity index (χ3n) is 3.68. The molecule has 0 aromatic carbocycles. The number of hydrogen-bond donors (Lipinski definition) is 0. The molecule has 2 nitrogen and oxygen atoms in total. The van der Waals surface area contributed by atoms with Crippen molar-refractivity contribution in [2.24, 2.45) is 5.92 Å². The second-order valence-corrected chi connectivity index (χ2v) is 6.51. The third-order valence-corrected chi connectivity index (χ3v) is 4.95. The van der Waals surface area contributed by atoms with E-state index in [0.29, 0.717) is 12.2 Å². The van der Waals surface area contributed by atoms with Crippen LogP contribution in [-0.4, -0.2) is 30.3 Å². The van der Waals surface area contributed by atoms with Crippen LogP contribution in [0.2, 0.25) is 0 Å². The van der Waals surface area contributed by atoms with Crippen molar-refractivity contribution >= 4 is 17.1 Å². The number of Topliss-reactive ketones (excluding diaryl/α,β-unsaturated/α-hetero) is 1. The summed E-state index contributed by atoms with van der Waals surface area (Å²) in [6.07, 6.45) is 4.33. The van der Waals surface area contributed by atoms with Gasteiger partial charge in [-0.3, -0.25) is 4.79 Å². The fraction of sp³-hybridized carbons (Fsp3) is 0.667. The molecule has 0 amide bonds. The van der Waals surface area contributed by atoms with Crippen molar-refractivity contribution in [1.29, 1.82) is 0 Å². The van der Waals surface area contributed by atoms with Crippen LogP contribution in [0, 0.1) is 5.92 Å². The molecule has 0 aliphatic carbocycles. The lowest BCUT2D eigenvalue weighted by atomic mass is 10.00. The Labute approximate surface area is 114 Å². The molecular formula is C15H23NOS. The van der Waals surface area contributed by atoms with Gasteiger partial charge in [0.25, 0.3) is 0 Å². The molecule has 1 aliphatic rings. The molecule has 2 heterocycles. The molecule has 1 fully saturated rings. The van der Waals surface area contributed by atoms with Crippen LogP contribution >= 0.6 is 11.3 Å². The standard InChI is InChI=1S/C15H23NOS/c1-3-13-6-7-15(18-13)14(17)8-10-16-9-4-5-12(2)11-16/h6-7,12H,3-5,8-11H2,1-2H3. The third kappa shape index (κ3) is 3.66. The number of piperidine rings is 1. The number of hydrogen-bond acceptors (Lipinski definition) is 3. The number of rotatable bonds is 5. The molecule has 1 saturated heterocycles. The first-order chi connectivity index (χ1) is 8.69. The smallest absolute Gasteiger partial charge is 0.174 e. The molecule has 100 valence electrons. The largest absolute Gasteiger partial charge is 0.303 e. The maximum absolute atomic E-state index is 12.1. The Hall–Kier alpha value is -0.670. The van der Waals surface area contributed by atoms with Crippen LogP contribution in [0.1, 0.15) is 47.7 Å². The van der Waals surface area contributed by atoms with Crippen LogP contribution < -0.4 is 0 Å². The topological polar surface area (TPSA) is 20.3 Å². The highest BCUT2D eigenvalue weighted by molar-refractivity contribution is 7.14. The average Bonchev–Trinajstić information content (AvgIpc) is 2.85. The van der Waals surface area contributed by atoms with E-state index in [9.17, 15) is 4.79 Å². The van der Waals surface area contributed by atoms with Crippen LogP contribution in [0.25, 0.3) is 0 Å². The summed E-state index contributed by atoms with van der Waals surface area (Å²) >= 11 is 1.66. The minimum atomic E-state index is 0.318. The van der Waals surface area contributed by atoms with Gasteiger partial charge >= 0.3 is 0 Å². The molecular weight excluding hydrogens is 242 g/mol. The Balaban J connectivity index is 1.80. The number of nitrogens with zero attached hydrogens (tertiary/aromatic N) is 1. The summed E-state index contributed by atoms with van der Waals surface area (Å²) in [5.74, 6) is 1.11. The van der Waals surface area contributed by atoms with Gasteiger partial charge < -0.3 is 4.90 Å². The summed E-state index contributed by atoms with van der Waals surface area (Å²) < 4.78 is 0. The van der Waals surface area contributed by atoms with Gasteiger partial charge in [0.1, 0.15) is 0 Å². The number of carbonyl (C=O) groups excluding carboxylic acids is 1. The summed E-state index contributed by atoms with van der Waals surface area (Å²) in [4.78, 5) is 16.8. The van der Waals surface area contributed by atoms with E-state index in [0.717, 1.165) is 30.3 Å². The highest BCUT2D eigenvalue weighted by atomic mass is 32.1. The predicted octanol–water partition coefficient (Wildman–Crippen LogP) is 3.62. The Morgan fingerprint density at radius 1 is 1.50 bits per heavy atom. The minimum absolute atomic E-state index is 0.318. The first-order valence-electron chi connectivity index (χ1n) is 7.03. The highest BCUT2D eigenvalue weighted by Gasteiger charge is 2.17. The van der Waals surface area contributed by atoms with Crippen LogP contribution in [0.4, 0.5) is 0 Å². The van der Waals surface area contributed by atoms with Gasteiger partial charge in [0.2, 0.25) is 0 Å². The zero-order valence-corrected chi connectivity index (χ0v) is 12.3. The number of ketones is 1. The van der Waals surface area contributed by atoms with E-state index < -0.39 is 0 Å². The number of likely N-dealkylation sites (tertiary alicyclic amines) is 1. The fourth-order valence-electron chi connectivity index (χ4n) is 2.59. The van der Waals surface area contributed by atoms with E-state index >= 15 is 0 Å². The monoisotopic (exact) mass is 265 g/mol. The summed E-state index contributed by atoms with van der Waals surface area (Å²) in [6, 6.07) is 4.07. The van der Waals surface area contributed by atoms with Crippen molar-refractivity contribution in [3.63, 3.8) is 0 Å². The van der Waals surface area contributed by atoms with E-state index in [4.69, 9.17) is 0 Å². The van der Waals surface area contributed by atoms with Crippen molar-refractivity contribution in [2.45, 2.75) is 39.5 Å². The number of thiophene rings is 1. The van der Waals surface area contributed by atoms with Crippen molar-refractivity contribution in [2.75, 3.05) is 19.6 Å². The number of aryl methyl sites for hydroxylation is 1. The first-order valence-corrected chi connectivity index (χ1v) is 7.85. The Morgan fingerprint density at radius 3 is 3.00 bits per heavy atom. The summed E-state index contributed by atoms with van der Waals surface area (Å²) in [7, 11) is 0. The molecule has 0 spiro atoms. The number of carbonyl (C=O) groups is 1. The Bertz CT molecular complexity index is 399. The van der Waals surface area contributed by atoms with Gasteiger partial charge in [-0.1, -0.05) is 13.8 Å². The lowest BCUT2D eigenvalue weighted by Crippen LogP contribution is -2.35. The van der Waals surface area contributed by atoms with Gasteiger partial charge in [-0.15, -0.1) is 11.3 Å². The van der Waals surface area contributed by atoms with Crippen LogP contribution in [0.15, 0.2) is 12.1 Å². The van der Waals surface area contributed by atoms with E-state index in [1.165, 1.54) is 24.3 Å². The van der Waals surface area contributed by atoms with Gasteiger partial charge in [0.05, 0.1) is 4.88 Å². The van der Waals surface area contributed by atoms with Crippen LogP contribution in [0.3, 0.4) is 0 Å². The first kappa shape index (κ1) is 13.8. The highest BCUT2D eigenvalue weighted by Crippen LogP contribution is 2.20. The molecule has 1 aromatic rings. The molecule has 3 heteroatoms. The fourth-order valence-corrected chi connectivity index (χ4v) is 3.51. The van der Waals surface area contributed by atoms with Crippen molar-refractivity contribution in [3.8, 4) is 0 Å².